The van der Waals surface area contributed by atoms with Crippen LogP contribution >= 0.6 is 0 Å². The number of ether oxygens (including phenoxy) is 2. The van der Waals surface area contributed by atoms with Crippen molar-refractivity contribution in [2.24, 2.45) is 5.92 Å². The second kappa shape index (κ2) is 11.8. The van der Waals surface area contributed by atoms with Gasteiger partial charge >= 0.3 is 0 Å². The van der Waals surface area contributed by atoms with E-state index in [1.54, 1.807) is 0 Å². The van der Waals surface area contributed by atoms with Crippen LogP contribution in [0.1, 0.15) is 64.0 Å². The number of piperidine rings is 1. The summed E-state index contributed by atoms with van der Waals surface area (Å²) < 4.78 is 12.2. The molecule has 1 N–H and O–H groups in total. The number of likely N-dealkylation sites (tertiary alicyclic amines) is 1. The molecule has 2 heterocycles. The largest absolute Gasteiger partial charge is 0.490 e. The third-order valence-corrected chi connectivity index (χ3v) is 7.01. The van der Waals surface area contributed by atoms with Gasteiger partial charge in [0, 0.05) is 24.1 Å². The van der Waals surface area contributed by atoms with Crippen molar-refractivity contribution in [2.45, 2.75) is 76.9 Å². The van der Waals surface area contributed by atoms with E-state index in [2.05, 4.69) is 46.3 Å². The fourth-order valence-corrected chi connectivity index (χ4v) is 4.86. The lowest BCUT2D eigenvalue weighted by molar-refractivity contribution is 0.0107. The summed E-state index contributed by atoms with van der Waals surface area (Å²) >= 11 is 0. The van der Waals surface area contributed by atoms with Gasteiger partial charge in [0.15, 0.2) is 0 Å². The maximum Gasteiger partial charge on any atom is 0.234 e. The Kier molecular flexibility index (Phi) is 8.57. The molecule has 2 aliphatic rings. The number of unbranched alkanes of at least 4 members (excludes halogenated alkanes) is 1. The highest BCUT2D eigenvalue weighted by Crippen LogP contribution is 2.30. The van der Waals surface area contributed by atoms with Crippen molar-refractivity contribution in [3.63, 3.8) is 0 Å². The molecular formula is C27H39N3O3. The van der Waals surface area contributed by atoms with Crippen molar-refractivity contribution < 1.29 is 14.6 Å². The minimum Gasteiger partial charge on any atom is -0.490 e. The Balaban J connectivity index is 1.46. The van der Waals surface area contributed by atoms with Gasteiger partial charge in [0.1, 0.15) is 5.75 Å². The first-order valence-electron chi connectivity index (χ1n) is 12.8. The van der Waals surface area contributed by atoms with E-state index >= 15 is 0 Å². The molecule has 2 aromatic rings. The van der Waals surface area contributed by atoms with E-state index in [4.69, 9.17) is 9.47 Å². The second-order valence-corrected chi connectivity index (χ2v) is 9.74. The molecule has 180 valence electrons. The molecule has 1 aliphatic heterocycles. The molecule has 1 aromatic carbocycles. The number of rotatable bonds is 9. The zero-order valence-corrected chi connectivity index (χ0v) is 20.2. The number of hydrogen-bond acceptors (Lipinski definition) is 6. The highest BCUT2D eigenvalue weighted by molar-refractivity contribution is 5.67. The summed E-state index contributed by atoms with van der Waals surface area (Å²) in [6.07, 6.45) is 10.2. The number of benzene rings is 1. The average Bonchev–Trinajstić information content (AvgIpc) is 2.84. The molecule has 1 aromatic heterocycles. The van der Waals surface area contributed by atoms with Crippen LogP contribution in [-0.2, 0) is 6.42 Å². The van der Waals surface area contributed by atoms with Crippen LogP contribution in [-0.4, -0.2) is 59.2 Å². The Bertz CT molecular complexity index is 867. The summed E-state index contributed by atoms with van der Waals surface area (Å²) in [7, 11) is 2.04. The van der Waals surface area contributed by atoms with E-state index in [9.17, 15) is 5.11 Å². The van der Waals surface area contributed by atoms with Gasteiger partial charge in [0.25, 0.3) is 0 Å². The third kappa shape index (κ3) is 6.67. The molecule has 33 heavy (non-hydrogen) atoms. The van der Waals surface area contributed by atoms with E-state index in [1.807, 2.05) is 13.1 Å². The summed E-state index contributed by atoms with van der Waals surface area (Å²) in [5, 5.41) is 19.2. The Morgan fingerprint density at radius 2 is 1.85 bits per heavy atom. The molecular weight excluding hydrogens is 414 g/mol. The Hall–Kier alpha value is -2.18. The van der Waals surface area contributed by atoms with Crippen LogP contribution < -0.4 is 9.47 Å². The number of likely N-dealkylation sites (N-methyl/N-ethyl adjacent to an activating group) is 1. The van der Waals surface area contributed by atoms with Gasteiger partial charge in [-0.05, 0) is 76.2 Å². The molecule has 6 heteroatoms. The predicted octanol–water partition coefficient (Wildman–Crippen LogP) is 4.89. The fraction of sp³-hybridized carbons (Fsp3) is 0.630. The minimum atomic E-state index is -0.364. The predicted molar refractivity (Wildman–Crippen MR) is 131 cm³/mol. The molecule has 0 bridgehead atoms. The zero-order chi connectivity index (χ0) is 23.0. The third-order valence-electron chi connectivity index (χ3n) is 7.01. The van der Waals surface area contributed by atoms with Crippen LogP contribution in [0.25, 0.3) is 11.1 Å². The summed E-state index contributed by atoms with van der Waals surface area (Å²) in [5.41, 5.74) is 3.18. The highest BCUT2D eigenvalue weighted by atomic mass is 16.5. The first-order valence-corrected chi connectivity index (χ1v) is 12.8. The Morgan fingerprint density at radius 1 is 1.06 bits per heavy atom. The van der Waals surface area contributed by atoms with Crippen LogP contribution in [0.2, 0.25) is 0 Å². The van der Waals surface area contributed by atoms with Crippen molar-refractivity contribution in [1.29, 1.82) is 0 Å². The Labute approximate surface area is 198 Å². The summed E-state index contributed by atoms with van der Waals surface area (Å²) in [4.78, 5) is 2.16. The van der Waals surface area contributed by atoms with Gasteiger partial charge in [-0.2, -0.15) is 5.10 Å². The molecule has 2 atom stereocenters. The number of nitrogens with zero attached hydrogens (tertiary/aromatic N) is 3. The maximum absolute atomic E-state index is 10.4. The van der Waals surface area contributed by atoms with Crippen molar-refractivity contribution in [1.82, 2.24) is 15.1 Å². The lowest BCUT2D eigenvalue weighted by Gasteiger charge is -2.33. The summed E-state index contributed by atoms with van der Waals surface area (Å²) in [5.74, 6) is 1.59. The highest BCUT2D eigenvalue weighted by Gasteiger charge is 2.26. The fourth-order valence-electron chi connectivity index (χ4n) is 4.86. The molecule has 1 aliphatic carbocycles. The van der Waals surface area contributed by atoms with Crippen LogP contribution in [0.5, 0.6) is 11.6 Å². The number of aromatic nitrogens is 2. The Morgan fingerprint density at radius 3 is 2.58 bits per heavy atom. The second-order valence-electron chi connectivity index (χ2n) is 9.74. The smallest absolute Gasteiger partial charge is 0.234 e. The van der Waals surface area contributed by atoms with Crippen molar-refractivity contribution >= 4 is 0 Å². The normalized spacial score (nSPS) is 22.3. The van der Waals surface area contributed by atoms with Gasteiger partial charge in [-0.1, -0.05) is 31.9 Å². The van der Waals surface area contributed by atoms with E-state index in [0.717, 1.165) is 67.6 Å². The minimum absolute atomic E-state index is 0.127. The molecule has 0 spiro atoms. The van der Waals surface area contributed by atoms with Gasteiger partial charge in [-0.3, -0.25) is 0 Å². The first-order chi connectivity index (χ1) is 16.1. The van der Waals surface area contributed by atoms with Crippen LogP contribution in [0, 0.1) is 5.92 Å². The van der Waals surface area contributed by atoms with E-state index in [1.165, 1.54) is 19.3 Å². The van der Waals surface area contributed by atoms with E-state index in [0.29, 0.717) is 25.1 Å². The van der Waals surface area contributed by atoms with Gasteiger partial charge in [0.2, 0.25) is 5.88 Å². The summed E-state index contributed by atoms with van der Waals surface area (Å²) in [6, 6.07) is 10.4. The molecule has 0 amide bonds. The van der Waals surface area contributed by atoms with Gasteiger partial charge in [0.05, 0.1) is 24.5 Å². The number of aryl methyl sites for hydroxylation is 1. The molecule has 6 nitrogen and oxygen atoms in total. The molecule has 4 rings (SSSR count). The van der Waals surface area contributed by atoms with Crippen LogP contribution in [0.3, 0.4) is 0 Å². The number of aliphatic hydroxyl groups excluding tert-OH is 1. The van der Waals surface area contributed by atoms with Crippen LogP contribution in [0.4, 0.5) is 0 Å². The molecule has 0 unspecified atom stereocenters. The lowest BCUT2D eigenvalue weighted by Crippen LogP contribution is -2.43. The number of hydrogen-bond donors (Lipinski definition) is 1. The van der Waals surface area contributed by atoms with Crippen LogP contribution in [0.15, 0.2) is 30.3 Å². The number of β-amino-alcohol motifs (C(OH)–C–C–N with tert-alkyl or cyclic N) is 1. The van der Waals surface area contributed by atoms with Gasteiger partial charge < -0.3 is 19.5 Å². The van der Waals surface area contributed by atoms with Crippen molar-refractivity contribution in [2.75, 3.05) is 26.7 Å². The monoisotopic (exact) mass is 453 g/mol. The molecule has 2 fully saturated rings. The van der Waals surface area contributed by atoms with E-state index in [-0.39, 0.29) is 12.0 Å². The average molecular weight is 454 g/mol. The summed E-state index contributed by atoms with van der Waals surface area (Å²) in [6.45, 7) is 4.32. The molecule has 1 saturated carbocycles. The maximum atomic E-state index is 10.4. The standard InChI is InChI=1S/C27H39N3O3/c1-3-4-10-25-24(20-11-13-23(14-12-20)33-22-8-6-5-7-9-22)17-27(29-28-25)32-19-21-15-16-30(2)18-26(21)31/h11-14,17,21-22,26,31H,3-10,15-16,18-19H2,1-2H3/t21-,26-/m0/s1. The molecule has 0 radical (unpaired) electrons. The number of aliphatic hydroxyl groups is 1. The zero-order valence-electron chi connectivity index (χ0n) is 20.2. The SMILES string of the molecule is CCCCc1nnc(OC[C@@H]2CCN(C)C[C@@H]2O)cc1-c1ccc(OC2CCCCC2)cc1. The van der Waals surface area contributed by atoms with E-state index < -0.39 is 0 Å². The topological polar surface area (TPSA) is 67.7 Å². The van der Waals surface area contributed by atoms with Crippen molar-refractivity contribution in [3.05, 3.63) is 36.0 Å². The van der Waals surface area contributed by atoms with Gasteiger partial charge in [-0.15, -0.1) is 5.10 Å². The van der Waals surface area contributed by atoms with Crippen molar-refractivity contribution in [3.8, 4) is 22.8 Å². The van der Waals surface area contributed by atoms with Gasteiger partial charge in [-0.25, -0.2) is 0 Å². The first kappa shape index (κ1) is 24.0. The molecule has 1 saturated heterocycles. The lowest BCUT2D eigenvalue weighted by atomic mass is 9.95. The quantitative estimate of drug-likeness (QED) is 0.583.